The van der Waals surface area contributed by atoms with Crippen LogP contribution in [0.25, 0.3) is 0 Å². The largest absolute Gasteiger partial charge is 0.416 e. The Morgan fingerprint density at radius 2 is 2.00 bits per heavy atom. The number of carbonyl (C=O) groups is 1. The summed E-state index contributed by atoms with van der Waals surface area (Å²) in [6.45, 7) is 1.25. The van der Waals surface area contributed by atoms with Crippen molar-refractivity contribution >= 4 is 11.6 Å². The van der Waals surface area contributed by atoms with Gasteiger partial charge in [-0.15, -0.1) is 0 Å². The molecule has 1 aromatic carbocycles. The molecule has 0 aliphatic carbocycles. The molecule has 2 N–H and O–H groups in total. The highest BCUT2D eigenvalue weighted by molar-refractivity contribution is 5.74. The number of halogens is 3. The van der Waals surface area contributed by atoms with Gasteiger partial charge in [0.15, 0.2) is 0 Å². The minimum atomic E-state index is -4.38. The zero-order valence-corrected chi connectivity index (χ0v) is 7.85. The lowest BCUT2D eigenvalue weighted by molar-refractivity contribution is -0.137. The fourth-order valence-corrected chi connectivity index (χ4v) is 0.933. The second-order valence-corrected chi connectivity index (χ2v) is 2.88. The van der Waals surface area contributed by atoms with Gasteiger partial charge in [0.2, 0.25) is 5.91 Å². The molecule has 0 aliphatic rings. The Labute approximate surface area is 84.3 Å². The Bertz CT molecular complexity index is 363. The summed E-state index contributed by atoms with van der Waals surface area (Å²) in [6, 6.07) is 4.55. The summed E-state index contributed by atoms with van der Waals surface area (Å²) < 4.78 is 36.8. The molecule has 82 valence electrons. The summed E-state index contributed by atoms with van der Waals surface area (Å²) in [5.41, 5.74) is 3.96. The molecule has 0 aliphatic heterocycles. The molecule has 3 nitrogen and oxygen atoms in total. The molecule has 0 aromatic heterocycles. The van der Waals surface area contributed by atoms with Gasteiger partial charge in [0, 0.05) is 6.92 Å². The van der Waals surface area contributed by atoms with Crippen LogP contribution in [0.1, 0.15) is 12.5 Å². The lowest BCUT2D eigenvalue weighted by Gasteiger charge is -2.10. The van der Waals surface area contributed by atoms with Crippen LogP contribution < -0.4 is 10.9 Å². The summed E-state index contributed by atoms with van der Waals surface area (Å²) in [7, 11) is 0. The molecule has 0 atom stereocenters. The van der Waals surface area contributed by atoms with Crippen LogP contribution in [-0.2, 0) is 11.0 Å². The summed E-state index contributed by atoms with van der Waals surface area (Å²) >= 11 is 0. The fourth-order valence-electron chi connectivity index (χ4n) is 0.933. The normalized spacial score (nSPS) is 10.9. The van der Waals surface area contributed by atoms with Gasteiger partial charge in [-0.3, -0.25) is 15.6 Å². The van der Waals surface area contributed by atoms with Crippen molar-refractivity contribution in [1.82, 2.24) is 5.43 Å². The maximum Gasteiger partial charge on any atom is 0.416 e. The molecular formula is C9H9F3N2O. The Morgan fingerprint density at radius 1 is 1.33 bits per heavy atom. The molecule has 1 amide bonds. The number of hydrogen-bond donors (Lipinski definition) is 2. The number of benzene rings is 1. The molecule has 0 saturated carbocycles. The van der Waals surface area contributed by atoms with Gasteiger partial charge in [0.25, 0.3) is 0 Å². The lowest BCUT2D eigenvalue weighted by atomic mass is 10.2. The average Bonchev–Trinajstić information content (AvgIpc) is 2.14. The van der Waals surface area contributed by atoms with E-state index in [0.717, 1.165) is 12.1 Å². The molecule has 6 heteroatoms. The predicted octanol–water partition coefficient (Wildman–Crippen LogP) is 2.17. The number of anilines is 1. The molecule has 0 bridgehead atoms. The number of rotatable bonds is 2. The second-order valence-electron chi connectivity index (χ2n) is 2.88. The van der Waals surface area contributed by atoms with Crippen LogP contribution in [0.2, 0.25) is 0 Å². The van der Waals surface area contributed by atoms with Crippen molar-refractivity contribution < 1.29 is 18.0 Å². The van der Waals surface area contributed by atoms with E-state index in [2.05, 4.69) is 10.9 Å². The van der Waals surface area contributed by atoms with Gasteiger partial charge in [0.05, 0.1) is 11.3 Å². The molecule has 15 heavy (non-hydrogen) atoms. The second kappa shape index (κ2) is 4.20. The number of nitrogens with one attached hydrogen (secondary N) is 2. The van der Waals surface area contributed by atoms with Gasteiger partial charge in [-0.2, -0.15) is 13.2 Å². The third-order valence-electron chi connectivity index (χ3n) is 1.57. The number of hydrogen-bond acceptors (Lipinski definition) is 2. The standard InChI is InChI=1S/C9H9F3N2O/c1-6(15)13-14-8-4-2-3-7(5-8)9(10,11)12/h2-5,14H,1H3,(H,13,15). The van der Waals surface area contributed by atoms with E-state index >= 15 is 0 Å². The molecule has 0 spiro atoms. The van der Waals surface area contributed by atoms with Crippen molar-refractivity contribution in [3.8, 4) is 0 Å². The van der Waals surface area contributed by atoms with E-state index in [4.69, 9.17) is 0 Å². The minimum absolute atomic E-state index is 0.181. The summed E-state index contributed by atoms with van der Waals surface area (Å²) in [6.07, 6.45) is -4.38. The van der Waals surface area contributed by atoms with Crippen LogP contribution in [0.3, 0.4) is 0 Å². The van der Waals surface area contributed by atoms with Gasteiger partial charge in [-0.1, -0.05) is 6.07 Å². The molecule has 1 aromatic rings. The molecular weight excluding hydrogens is 209 g/mol. The third kappa shape index (κ3) is 3.49. The van der Waals surface area contributed by atoms with Crippen molar-refractivity contribution in [3.63, 3.8) is 0 Å². The first-order valence-electron chi connectivity index (χ1n) is 4.09. The molecule has 0 radical (unpaired) electrons. The highest BCUT2D eigenvalue weighted by Crippen LogP contribution is 2.30. The van der Waals surface area contributed by atoms with E-state index in [0.29, 0.717) is 0 Å². The van der Waals surface area contributed by atoms with Crippen LogP contribution in [0.4, 0.5) is 18.9 Å². The van der Waals surface area contributed by atoms with Crippen LogP contribution in [0.5, 0.6) is 0 Å². The molecule has 1 rings (SSSR count). The number of alkyl halides is 3. The summed E-state index contributed by atoms with van der Waals surface area (Å²) in [4.78, 5) is 10.5. The summed E-state index contributed by atoms with van der Waals surface area (Å²) in [5.74, 6) is -0.382. The highest BCUT2D eigenvalue weighted by Gasteiger charge is 2.30. The predicted molar refractivity (Wildman–Crippen MR) is 48.9 cm³/mol. The number of amides is 1. The van der Waals surface area contributed by atoms with Crippen molar-refractivity contribution in [2.75, 3.05) is 5.43 Å². The Balaban J connectivity index is 2.79. The van der Waals surface area contributed by atoms with E-state index in [-0.39, 0.29) is 11.6 Å². The Kier molecular flexibility index (Phi) is 3.18. The molecule has 0 unspecified atom stereocenters. The van der Waals surface area contributed by atoms with E-state index in [9.17, 15) is 18.0 Å². The van der Waals surface area contributed by atoms with Crippen molar-refractivity contribution in [1.29, 1.82) is 0 Å². The average molecular weight is 218 g/mol. The Morgan fingerprint density at radius 3 is 2.53 bits per heavy atom. The van der Waals surface area contributed by atoms with Crippen LogP contribution in [-0.4, -0.2) is 5.91 Å². The van der Waals surface area contributed by atoms with Crippen LogP contribution in [0, 0.1) is 0 Å². The van der Waals surface area contributed by atoms with E-state index in [1.54, 1.807) is 0 Å². The third-order valence-corrected chi connectivity index (χ3v) is 1.57. The smallest absolute Gasteiger partial charge is 0.299 e. The maximum absolute atomic E-state index is 12.3. The molecule has 0 heterocycles. The van der Waals surface area contributed by atoms with E-state index in [1.165, 1.54) is 19.1 Å². The van der Waals surface area contributed by atoms with Crippen molar-refractivity contribution in [2.24, 2.45) is 0 Å². The fraction of sp³-hybridized carbons (Fsp3) is 0.222. The monoisotopic (exact) mass is 218 g/mol. The molecule has 0 fully saturated rings. The number of carbonyl (C=O) groups excluding carboxylic acids is 1. The summed E-state index contributed by atoms with van der Waals surface area (Å²) in [5, 5.41) is 0. The van der Waals surface area contributed by atoms with Gasteiger partial charge >= 0.3 is 6.18 Å². The van der Waals surface area contributed by atoms with Gasteiger partial charge in [0.1, 0.15) is 0 Å². The zero-order chi connectivity index (χ0) is 11.5. The van der Waals surface area contributed by atoms with Crippen molar-refractivity contribution in [3.05, 3.63) is 29.8 Å². The number of hydrazine groups is 1. The van der Waals surface area contributed by atoms with Crippen molar-refractivity contribution in [2.45, 2.75) is 13.1 Å². The minimum Gasteiger partial charge on any atom is -0.299 e. The molecule has 0 saturated heterocycles. The van der Waals surface area contributed by atoms with Gasteiger partial charge in [-0.05, 0) is 18.2 Å². The van der Waals surface area contributed by atoms with Gasteiger partial charge < -0.3 is 0 Å². The van der Waals surface area contributed by atoms with Crippen LogP contribution >= 0.6 is 0 Å². The highest BCUT2D eigenvalue weighted by atomic mass is 19.4. The van der Waals surface area contributed by atoms with Gasteiger partial charge in [-0.25, -0.2) is 0 Å². The SMILES string of the molecule is CC(=O)NNc1cccc(C(F)(F)F)c1. The maximum atomic E-state index is 12.3. The first kappa shape index (κ1) is 11.4. The van der Waals surface area contributed by atoms with E-state index < -0.39 is 11.7 Å². The topological polar surface area (TPSA) is 41.1 Å². The zero-order valence-electron chi connectivity index (χ0n) is 7.85. The first-order valence-corrected chi connectivity index (χ1v) is 4.09. The first-order chi connectivity index (χ1) is 6.89. The lowest BCUT2D eigenvalue weighted by Crippen LogP contribution is -2.26. The Hall–Kier alpha value is -1.72. The van der Waals surface area contributed by atoms with Crippen LogP contribution in [0.15, 0.2) is 24.3 Å². The van der Waals surface area contributed by atoms with E-state index in [1.807, 2.05) is 0 Å². The quantitative estimate of drug-likeness (QED) is 0.747.